The van der Waals surface area contributed by atoms with Crippen LogP contribution in [0.2, 0.25) is 0 Å². The zero-order valence-electron chi connectivity index (χ0n) is 15.6. The Balaban J connectivity index is 1.55. The predicted molar refractivity (Wildman–Crippen MR) is 103 cm³/mol. The summed E-state index contributed by atoms with van der Waals surface area (Å²) in [5.41, 5.74) is 1.74. The molecule has 138 valence electrons. The molecule has 6 heteroatoms. The topological polar surface area (TPSA) is 52.6 Å². The van der Waals surface area contributed by atoms with Crippen molar-refractivity contribution < 1.29 is 4.79 Å². The van der Waals surface area contributed by atoms with E-state index < -0.39 is 0 Å². The Morgan fingerprint density at radius 3 is 2.27 bits per heavy atom. The van der Waals surface area contributed by atoms with Crippen LogP contribution in [0.5, 0.6) is 0 Å². The Kier molecular flexibility index (Phi) is 6.17. The number of hydrogen-bond donors (Lipinski definition) is 0. The zero-order valence-corrected chi connectivity index (χ0v) is 15.6. The SMILES string of the molecule is CCN(CC)c1cnc(C(=O)N2CCN(Cc3ccccc3)CC2)cn1. The third-order valence-electron chi connectivity index (χ3n) is 4.85. The summed E-state index contributed by atoms with van der Waals surface area (Å²) in [6.45, 7) is 10.1. The molecule has 1 fully saturated rings. The van der Waals surface area contributed by atoms with Gasteiger partial charge in [0.05, 0.1) is 12.4 Å². The van der Waals surface area contributed by atoms with E-state index in [9.17, 15) is 4.79 Å². The Labute approximate surface area is 155 Å². The molecule has 1 saturated heterocycles. The highest BCUT2D eigenvalue weighted by atomic mass is 16.2. The summed E-state index contributed by atoms with van der Waals surface area (Å²) >= 11 is 0. The quantitative estimate of drug-likeness (QED) is 0.797. The largest absolute Gasteiger partial charge is 0.356 e. The number of benzene rings is 1. The number of amides is 1. The van der Waals surface area contributed by atoms with Gasteiger partial charge in [-0.25, -0.2) is 9.97 Å². The molecule has 0 radical (unpaired) electrons. The first kappa shape index (κ1) is 18.3. The molecule has 2 heterocycles. The van der Waals surface area contributed by atoms with E-state index in [0.29, 0.717) is 5.69 Å². The molecule has 0 N–H and O–H groups in total. The van der Waals surface area contributed by atoms with Gasteiger partial charge in [-0.2, -0.15) is 0 Å². The van der Waals surface area contributed by atoms with E-state index in [1.807, 2.05) is 11.0 Å². The number of aromatic nitrogens is 2. The monoisotopic (exact) mass is 353 g/mol. The van der Waals surface area contributed by atoms with Gasteiger partial charge < -0.3 is 9.80 Å². The molecule has 0 saturated carbocycles. The van der Waals surface area contributed by atoms with E-state index in [1.54, 1.807) is 12.4 Å². The van der Waals surface area contributed by atoms with Crippen molar-refractivity contribution in [3.05, 3.63) is 54.0 Å². The second kappa shape index (κ2) is 8.76. The number of nitrogens with zero attached hydrogens (tertiary/aromatic N) is 5. The molecule has 0 spiro atoms. The van der Waals surface area contributed by atoms with E-state index >= 15 is 0 Å². The van der Waals surface area contributed by atoms with Crippen molar-refractivity contribution in [3.8, 4) is 0 Å². The summed E-state index contributed by atoms with van der Waals surface area (Å²) in [6.07, 6.45) is 3.30. The molecule has 6 nitrogen and oxygen atoms in total. The minimum absolute atomic E-state index is 0.0250. The van der Waals surface area contributed by atoms with Crippen LogP contribution >= 0.6 is 0 Å². The lowest BCUT2D eigenvalue weighted by Gasteiger charge is -2.34. The number of anilines is 1. The van der Waals surface area contributed by atoms with Gasteiger partial charge in [-0.3, -0.25) is 9.69 Å². The first-order valence-corrected chi connectivity index (χ1v) is 9.33. The molecular weight excluding hydrogens is 326 g/mol. The normalized spacial score (nSPS) is 15.1. The van der Waals surface area contributed by atoms with E-state index in [2.05, 4.69) is 57.9 Å². The van der Waals surface area contributed by atoms with Gasteiger partial charge in [0.2, 0.25) is 0 Å². The summed E-state index contributed by atoms with van der Waals surface area (Å²) in [6, 6.07) is 10.5. The summed E-state index contributed by atoms with van der Waals surface area (Å²) in [7, 11) is 0. The van der Waals surface area contributed by atoms with Gasteiger partial charge in [-0.15, -0.1) is 0 Å². The molecule has 0 aliphatic carbocycles. The smallest absolute Gasteiger partial charge is 0.274 e. The fourth-order valence-corrected chi connectivity index (χ4v) is 3.26. The van der Waals surface area contributed by atoms with Crippen LogP contribution in [0.1, 0.15) is 29.9 Å². The number of hydrogen-bond acceptors (Lipinski definition) is 5. The van der Waals surface area contributed by atoms with E-state index in [-0.39, 0.29) is 5.91 Å². The minimum Gasteiger partial charge on any atom is -0.356 e. The van der Waals surface area contributed by atoms with Gasteiger partial charge in [-0.05, 0) is 19.4 Å². The van der Waals surface area contributed by atoms with Gasteiger partial charge in [0.15, 0.2) is 0 Å². The fourth-order valence-electron chi connectivity index (χ4n) is 3.26. The van der Waals surface area contributed by atoms with Crippen LogP contribution in [0.15, 0.2) is 42.7 Å². The second-order valence-corrected chi connectivity index (χ2v) is 6.49. The van der Waals surface area contributed by atoms with Crippen LogP contribution in [0, 0.1) is 0 Å². The third-order valence-corrected chi connectivity index (χ3v) is 4.85. The third kappa shape index (κ3) is 4.38. The minimum atomic E-state index is -0.0250. The van der Waals surface area contributed by atoms with Crippen LogP contribution < -0.4 is 4.90 Å². The van der Waals surface area contributed by atoms with E-state index in [4.69, 9.17) is 0 Å². The molecule has 0 atom stereocenters. The average molecular weight is 353 g/mol. The second-order valence-electron chi connectivity index (χ2n) is 6.49. The van der Waals surface area contributed by atoms with Gasteiger partial charge in [0, 0.05) is 45.8 Å². The fraction of sp³-hybridized carbons (Fsp3) is 0.450. The summed E-state index contributed by atoms with van der Waals surface area (Å²) in [4.78, 5) is 27.8. The van der Waals surface area contributed by atoms with Crippen LogP contribution in [0.3, 0.4) is 0 Å². The highest BCUT2D eigenvalue weighted by Gasteiger charge is 2.23. The van der Waals surface area contributed by atoms with Crippen LogP contribution in [0.25, 0.3) is 0 Å². The Morgan fingerprint density at radius 2 is 1.69 bits per heavy atom. The lowest BCUT2D eigenvalue weighted by Crippen LogP contribution is -2.48. The van der Waals surface area contributed by atoms with E-state index in [0.717, 1.165) is 51.6 Å². The van der Waals surface area contributed by atoms with Crippen molar-refractivity contribution in [3.63, 3.8) is 0 Å². The maximum absolute atomic E-state index is 12.7. The Bertz CT molecular complexity index is 692. The number of carbonyl (C=O) groups excluding carboxylic acids is 1. The number of piperazine rings is 1. The molecular formula is C20H27N5O. The number of carbonyl (C=O) groups is 1. The summed E-state index contributed by atoms with van der Waals surface area (Å²) < 4.78 is 0. The van der Waals surface area contributed by atoms with Crippen LogP contribution in [-0.2, 0) is 6.54 Å². The van der Waals surface area contributed by atoms with E-state index in [1.165, 1.54) is 5.56 Å². The Morgan fingerprint density at radius 1 is 1.00 bits per heavy atom. The van der Waals surface area contributed by atoms with Crippen molar-refractivity contribution >= 4 is 11.7 Å². The first-order valence-electron chi connectivity index (χ1n) is 9.33. The first-order chi connectivity index (χ1) is 12.7. The standard InChI is InChI=1S/C20H27N5O/c1-3-24(4-2)19-15-21-18(14-22-19)20(26)25-12-10-23(11-13-25)16-17-8-6-5-7-9-17/h5-9,14-15H,3-4,10-13,16H2,1-2H3. The van der Waals surface area contributed by atoms with Gasteiger partial charge in [0.25, 0.3) is 5.91 Å². The van der Waals surface area contributed by atoms with Crippen molar-refractivity contribution in [2.45, 2.75) is 20.4 Å². The predicted octanol–water partition coefficient (Wildman–Crippen LogP) is 2.28. The van der Waals surface area contributed by atoms with Crippen molar-refractivity contribution in [2.75, 3.05) is 44.2 Å². The van der Waals surface area contributed by atoms with Crippen LogP contribution in [0.4, 0.5) is 5.82 Å². The molecule has 1 aliphatic heterocycles. The van der Waals surface area contributed by atoms with Crippen molar-refractivity contribution in [2.24, 2.45) is 0 Å². The van der Waals surface area contributed by atoms with Crippen LogP contribution in [-0.4, -0.2) is 64.9 Å². The average Bonchev–Trinajstić information content (AvgIpc) is 2.70. The molecule has 26 heavy (non-hydrogen) atoms. The maximum atomic E-state index is 12.7. The number of rotatable bonds is 6. The van der Waals surface area contributed by atoms with Crippen molar-refractivity contribution in [1.82, 2.24) is 19.8 Å². The molecule has 2 aromatic rings. The molecule has 0 unspecified atom stereocenters. The van der Waals surface area contributed by atoms with Gasteiger partial charge >= 0.3 is 0 Å². The summed E-state index contributed by atoms with van der Waals surface area (Å²) in [5, 5.41) is 0. The summed E-state index contributed by atoms with van der Waals surface area (Å²) in [5.74, 6) is 0.794. The van der Waals surface area contributed by atoms with Gasteiger partial charge in [0.1, 0.15) is 11.5 Å². The highest BCUT2D eigenvalue weighted by Crippen LogP contribution is 2.12. The zero-order chi connectivity index (χ0) is 18.4. The Hall–Kier alpha value is -2.47. The molecule has 1 aliphatic rings. The lowest BCUT2D eigenvalue weighted by atomic mass is 10.2. The molecule has 1 amide bonds. The molecule has 1 aromatic carbocycles. The van der Waals surface area contributed by atoms with Gasteiger partial charge in [-0.1, -0.05) is 30.3 Å². The molecule has 1 aromatic heterocycles. The molecule has 3 rings (SSSR count). The molecule has 0 bridgehead atoms. The maximum Gasteiger partial charge on any atom is 0.274 e. The van der Waals surface area contributed by atoms with Crippen molar-refractivity contribution in [1.29, 1.82) is 0 Å². The lowest BCUT2D eigenvalue weighted by molar-refractivity contribution is 0.0622. The highest BCUT2D eigenvalue weighted by molar-refractivity contribution is 5.92.